The van der Waals surface area contributed by atoms with E-state index in [1.165, 1.54) is 24.3 Å². The van der Waals surface area contributed by atoms with E-state index < -0.39 is 27.2 Å². The summed E-state index contributed by atoms with van der Waals surface area (Å²) in [5.74, 6) is -1.03. The Bertz CT molecular complexity index is 3160. The van der Waals surface area contributed by atoms with Crippen LogP contribution < -0.4 is 25.5 Å². The van der Waals surface area contributed by atoms with Crippen molar-refractivity contribution in [1.82, 2.24) is 30.0 Å². The van der Waals surface area contributed by atoms with Crippen LogP contribution in [0.2, 0.25) is 0 Å². The minimum absolute atomic E-state index is 0.0448. The van der Waals surface area contributed by atoms with Crippen LogP contribution >= 0.6 is 15.9 Å². The molecule has 2 aliphatic rings. The SMILES string of the molecule is Cc1cc(-c2ccc(S(=O)(=O)NC3CCC(C(=O)N[C@H](C)c4ccc(F)cc4)CC3)cc2C)ccn1.Cc1cc(B(O)O)ccn1.Cc1cc(S(=O)(=O)NC2CCC(C(=O)N[C@H](C)c3ccc(F)cc3)CC2)ccc1Br. The first-order chi connectivity index (χ1) is 36.0. The average molecular weight is 1140 g/mol. The van der Waals surface area contributed by atoms with Gasteiger partial charge in [0.15, 0.2) is 0 Å². The molecule has 20 heteroatoms. The van der Waals surface area contributed by atoms with Crippen LogP contribution in [0.4, 0.5) is 8.78 Å². The predicted molar refractivity (Wildman–Crippen MR) is 295 cm³/mol. The summed E-state index contributed by atoms with van der Waals surface area (Å²) in [6.07, 6.45) is 8.15. The van der Waals surface area contributed by atoms with Gasteiger partial charge in [-0.2, -0.15) is 0 Å². The molecular formula is C56H66BBrF2N6O8S2. The van der Waals surface area contributed by atoms with Gasteiger partial charge in [-0.1, -0.05) is 46.3 Å². The molecule has 2 fully saturated rings. The summed E-state index contributed by atoms with van der Waals surface area (Å²) in [5.41, 5.74) is 7.55. The van der Waals surface area contributed by atoms with Crippen LogP contribution in [0, 0.1) is 51.2 Å². The molecule has 0 unspecified atom stereocenters. The Morgan fingerprint density at radius 1 is 0.579 bits per heavy atom. The van der Waals surface area contributed by atoms with Crippen LogP contribution in [0.3, 0.4) is 0 Å². The van der Waals surface area contributed by atoms with E-state index in [2.05, 4.69) is 46.0 Å². The van der Waals surface area contributed by atoms with E-state index in [1.54, 1.807) is 86.0 Å². The van der Waals surface area contributed by atoms with Crippen LogP contribution in [0.1, 0.15) is 111 Å². The minimum Gasteiger partial charge on any atom is -0.423 e. The largest absolute Gasteiger partial charge is 0.488 e. The van der Waals surface area contributed by atoms with Gasteiger partial charge in [0.1, 0.15) is 11.6 Å². The monoisotopic (exact) mass is 1140 g/mol. The maximum Gasteiger partial charge on any atom is 0.488 e. The summed E-state index contributed by atoms with van der Waals surface area (Å²) in [5, 5.41) is 23.3. The second-order valence-corrected chi connectivity index (χ2v) is 23.9. The van der Waals surface area contributed by atoms with Gasteiger partial charge in [0, 0.05) is 52.2 Å². The zero-order valence-corrected chi connectivity index (χ0v) is 46.7. The lowest BCUT2D eigenvalue weighted by atomic mass is 9.81. The molecule has 2 aromatic heterocycles. The predicted octanol–water partition coefficient (Wildman–Crippen LogP) is 8.90. The van der Waals surface area contributed by atoms with E-state index in [9.17, 15) is 35.2 Å². The number of amides is 2. The van der Waals surface area contributed by atoms with E-state index in [-0.39, 0.29) is 69.2 Å². The molecule has 6 aromatic rings. The van der Waals surface area contributed by atoms with Crippen molar-refractivity contribution < 1.29 is 45.3 Å². The lowest BCUT2D eigenvalue weighted by Gasteiger charge is -2.29. The Hall–Kier alpha value is -5.74. The molecule has 8 rings (SSSR count). The highest BCUT2D eigenvalue weighted by Gasteiger charge is 2.32. The zero-order chi connectivity index (χ0) is 55.3. The molecule has 0 spiro atoms. The fraction of sp³-hybridized carbons (Fsp3) is 0.357. The van der Waals surface area contributed by atoms with Gasteiger partial charge >= 0.3 is 7.12 Å². The Labute approximate surface area is 454 Å². The molecule has 2 saturated carbocycles. The van der Waals surface area contributed by atoms with Gasteiger partial charge in [-0.05, 0) is 211 Å². The minimum atomic E-state index is -3.68. The van der Waals surface area contributed by atoms with Crippen molar-refractivity contribution in [3.63, 3.8) is 0 Å². The molecule has 14 nitrogen and oxygen atoms in total. The van der Waals surface area contributed by atoms with E-state index in [0.717, 1.165) is 49.2 Å². The summed E-state index contributed by atoms with van der Waals surface area (Å²) < 4.78 is 84.2. The highest BCUT2D eigenvalue weighted by molar-refractivity contribution is 9.10. The van der Waals surface area contributed by atoms with Crippen molar-refractivity contribution >= 4 is 60.4 Å². The van der Waals surface area contributed by atoms with Crippen molar-refractivity contribution in [1.29, 1.82) is 0 Å². The normalized spacial score (nSPS) is 18.4. The Balaban J connectivity index is 0.000000211. The Morgan fingerprint density at radius 2 is 1.00 bits per heavy atom. The highest BCUT2D eigenvalue weighted by atomic mass is 79.9. The van der Waals surface area contributed by atoms with Crippen LogP contribution in [0.5, 0.6) is 0 Å². The molecule has 4 aromatic carbocycles. The molecule has 2 heterocycles. The number of carbonyl (C=O) groups is 2. The van der Waals surface area contributed by atoms with E-state index >= 15 is 0 Å². The first-order valence-electron chi connectivity index (χ1n) is 25.2. The van der Waals surface area contributed by atoms with Crippen molar-refractivity contribution in [3.8, 4) is 11.1 Å². The molecule has 6 N–H and O–H groups in total. The van der Waals surface area contributed by atoms with E-state index in [1.807, 2.05) is 52.8 Å². The van der Waals surface area contributed by atoms with Gasteiger partial charge in [0.25, 0.3) is 0 Å². The molecule has 0 saturated heterocycles. The van der Waals surface area contributed by atoms with Crippen LogP contribution in [-0.2, 0) is 29.6 Å². The fourth-order valence-electron chi connectivity index (χ4n) is 9.21. The second kappa shape index (κ2) is 27.0. The van der Waals surface area contributed by atoms with Crippen LogP contribution in [-0.4, -0.2) is 67.9 Å². The van der Waals surface area contributed by atoms with Crippen LogP contribution in [0.25, 0.3) is 11.1 Å². The number of carbonyl (C=O) groups excluding carboxylic acids is 2. The number of hydrogen-bond donors (Lipinski definition) is 6. The number of hydrogen-bond acceptors (Lipinski definition) is 10. The number of sulfonamides is 2. The molecular weight excluding hydrogens is 1080 g/mol. The Morgan fingerprint density at radius 3 is 1.39 bits per heavy atom. The third-order valence-electron chi connectivity index (χ3n) is 13.7. The number of benzene rings is 4. The first-order valence-corrected chi connectivity index (χ1v) is 29.0. The van der Waals surface area contributed by atoms with Crippen molar-refractivity contribution in [2.45, 2.75) is 127 Å². The smallest absolute Gasteiger partial charge is 0.423 e. The molecule has 404 valence electrons. The van der Waals surface area contributed by atoms with Gasteiger partial charge in [-0.25, -0.2) is 35.1 Å². The molecule has 2 atom stereocenters. The third-order valence-corrected chi connectivity index (χ3v) is 17.6. The molecule has 0 aliphatic heterocycles. The van der Waals surface area contributed by atoms with Gasteiger partial charge in [0.2, 0.25) is 31.9 Å². The van der Waals surface area contributed by atoms with Gasteiger partial charge in [0.05, 0.1) is 21.9 Å². The fourth-order valence-corrected chi connectivity index (χ4v) is 12.2. The summed E-state index contributed by atoms with van der Waals surface area (Å²) >= 11 is 3.38. The van der Waals surface area contributed by atoms with Gasteiger partial charge < -0.3 is 20.7 Å². The molecule has 2 aliphatic carbocycles. The second-order valence-electron chi connectivity index (χ2n) is 19.6. The standard InChI is InChI=1S/C28H32FN3O3S.C22H26BrFN2O3S.C6H8BNO2/c1-18-16-26(12-13-27(18)23-14-15-30-19(2)17-23)36(34,35)32-25-10-6-22(7-11-25)28(33)31-20(3)21-4-8-24(29)9-5-21;1-14-13-20(11-12-21(14)23)30(28,29)26-19-9-5-17(6-10-19)22(27)25-15(2)16-3-7-18(24)8-4-16;1-5-4-6(7(9)10)2-3-8-5/h4-5,8-9,12-17,20,22,25,32H,6-7,10-11H2,1-3H3,(H,31,33);3-4,7-8,11-13,15,17,19,26H,5-6,9-10H2,1-2H3,(H,25,27);2-4,9-10H,1H3/t20-,22?,25?;15-,17?,19?;/m11./s1. The summed E-state index contributed by atoms with van der Waals surface area (Å²) in [6, 6.07) is 28.5. The maximum absolute atomic E-state index is 13.1. The molecule has 0 bridgehead atoms. The lowest BCUT2D eigenvalue weighted by Crippen LogP contribution is -2.41. The molecule has 0 radical (unpaired) electrons. The highest BCUT2D eigenvalue weighted by Crippen LogP contribution is 2.31. The van der Waals surface area contributed by atoms with E-state index in [4.69, 9.17) is 10.0 Å². The number of halogens is 3. The number of pyridine rings is 2. The average Bonchev–Trinajstić information content (AvgIpc) is 3.38. The number of nitrogens with one attached hydrogen (secondary N) is 4. The van der Waals surface area contributed by atoms with Gasteiger partial charge in [-0.3, -0.25) is 19.6 Å². The summed E-state index contributed by atoms with van der Waals surface area (Å²) in [4.78, 5) is 34.0. The first kappa shape index (κ1) is 59.5. The Kier molecular flexibility index (Phi) is 21.2. The number of aromatic nitrogens is 2. The number of nitrogens with zero attached hydrogens (tertiary/aromatic N) is 2. The topological polar surface area (TPSA) is 217 Å². The lowest BCUT2D eigenvalue weighted by molar-refractivity contribution is -0.127. The number of aryl methyl sites for hydroxylation is 4. The summed E-state index contributed by atoms with van der Waals surface area (Å²) in [7, 11) is -8.66. The van der Waals surface area contributed by atoms with Crippen LogP contribution in [0.15, 0.2) is 136 Å². The number of rotatable bonds is 14. The van der Waals surface area contributed by atoms with Gasteiger partial charge in [-0.15, -0.1) is 0 Å². The van der Waals surface area contributed by atoms with Crippen molar-refractivity contribution in [3.05, 3.63) is 171 Å². The maximum atomic E-state index is 13.1. The third kappa shape index (κ3) is 17.1. The molecule has 76 heavy (non-hydrogen) atoms. The van der Waals surface area contributed by atoms with Crippen molar-refractivity contribution in [2.24, 2.45) is 11.8 Å². The van der Waals surface area contributed by atoms with E-state index in [0.29, 0.717) is 56.8 Å². The molecule has 2 amide bonds. The van der Waals surface area contributed by atoms with Crippen molar-refractivity contribution in [2.75, 3.05) is 0 Å². The zero-order valence-electron chi connectivity index (χ0n) is 43.4. The quantitative estimate of drug-likeness (QED) is 0.0570. The summed E-state index contributed by atoms with van der Waals surface area (Å²) in [6.45, 7) is 11.2.